The third kappa shape index (κ3) is 2.57. The highest BCUT2D eigenvalue weighted by Crippen LogP contribution is 2.35. The average Bonchev–Trinajstić information content (AvgIpc) is 2.41. The van der Waals surface area contributed by atoms with E-state index in [1.165, 1.54) is 0 Å². The molecule has 1 aromatic carbocycles. The van der Waals surface area contributed by atoms with Crippen molar-refractivity contribution in [2.75, 3.05) is 31.8 Å². The van der Waals surface area contributed by atoms with Gasteiger partial charge in [-0.3, -0.25) is 9.69 Å². The molecule has 2 rings (SSSR count). The third-order valence-corrected chi connectivity index (χ3v) is 3.51. The van der Waals surface area contributed by atoms with Gasteiger partial charge in [0.1, 0.15) is 5.75 Å². The maximum Gasteiger partial charge on any atom is 0.266 e. The zero-order valence-electron chi connectivity index (χ0n) is 11.7. The number of hydrogen-bond acceptors (Lipinski definition) is 4. The number of rotatable bonds is 4. The van der Waals surface area contributed by atoms with Crippen molar-refractivity contribution >= 4 is 11.6 Å². The van der Waals surface area contributed by atoms with E-state index in [-0.39, 0.29) is 17.9 Å². The molecule has 0 aromatic heterocycles. The summed E-state index contributed by atoms with van der Waals surface area (Å²) in [6.45, 7) is 5.29. The second-order valence-corrected chi connectivity index (χ2v) is 5.39. The van der Waals surface area contributed by atoms with Gasteiger partial charge in [-0.25, -0.2) is 0 Å². The van der Waals surface area contributed by atoms with Crippen LogP contribution < -0.4 is 20.7 Å². The van der Waals surface area contributed by atoms with Gasteiger partial charge in [0, 0.05) is 12.0 Å². The van der Waals surface area contributed by atoms with Crippen LogP contribution in [0.15, 0.2) is 18.2 Å². The number of nitrogens with zero attached hydrogens (tertiary/aromatic N) is 1. The van der Waals surface area contributed by atoms with E-state index in [9.17, 15) is 4.79 Å². The molecule has 0 radical (unpaired) electrons. The molecule has 1 aliphatic heterocycles. The Morgan fingerprint density at radius 3 is 2.84 bits per heavy atom. The van der Waals surface area contributed by atoms with Gasteiger partial charge in [-0.1, -0.05) is 19.9 Å². The second-order valence-electron chi connectivity index (χ2n) is 5.39. The molecule has 0 saturated carbocycles. The van der Waals surface area contributed by atoms with Crippen molar-refractivity contribution in [2.24, 2.45) is 5.73 Å². The standard InChI is InChI=1S/C14H21N3O2/c1-14(2,8-15)10-4-5-12-11(6-10)17(9-16-3)13(18)7-19-12/h4-6,16H,7-9,15H2,1-3H3. The van der Waals surface area contributed by atoms with Crippen LogP contribution in [0.5, 0.6) is 5.75 Å². The van der Waals surface area contributed by atoms with E-state index in [0.29, 0.717) is 13.2 Å². The molecule has 0 unspecified atom stereocenters. The number of benzene rings is 1. The van der Waals surface area contributed by atoms with E-state index in [1.807, 2.05) is 25.2 Å². The van der Waals surface area contributed by atoms with Crippen molar-refractivity contribution in [1.29, 1.82) is 0 Å². The van der Waals surface area contributed by atoms with E-state index in [4.69, 9.17) is 10.5 Å². The first-order valence-electron chi connectivity index (χ1n) is 6.42. The van der Waals surface area contributed by atoms with Gasteiger partial charge in [-0.05, 0) is 24.7 Å². The molecule has 104 valence electrons. The van der Waals surface area contributed by atoms with E-state index in [1.54, 1.807) is 4.90 Å². The fourth-order valence-corrected chi connectivity index (χ4v) is 2.07. The lowest BCUT2D eigenvalue weighted by Gasteiger charge is -2.31. The molecule has 1 heterocycles. The number of fused-ring (bicyclic) bond motifs is 1. The van der Waals surface area contributed by atoms with Crippen LogP contribution in [0.4, 0.5) is 5.69 Å². The fraction of sp³-hybridized carbons (Fsp3) is 0.500. The SMILES string of the molecule is CNCN1C(=O)COc2ccc(C(C)(C)CN)cc21. The summed E-state index contributed by atoms with van der Waals surface area (Å²) in [7, 11) is 1.82. The Labute approximate surface area is 113 Å². The van der Waals surface area contributed by atoms with E-state index >= 15 is 0 Å². The summed E-state index contributed by atoms with van der Waals surface area (Å²) in [5.41, 5.74) is 7.60. The van der Waals surface area contributed by atoms with Gasteiger partial charge in [0.25, 0.3) is 5.91 Å². The van der Waals surface area contributed by atoms with Gasteiger partial charge in [0.15, 0.2) is 6.61 Å². The first kappa shape index (κ1) is 13.8. The van der Waals surface area contributed by atoms with Gasteiger partial charge < -0.3 is 15.8 Å². The van der Waals surface area contributed by atoms with Crippen LogP contribution in [0.2, 0.25) is 0 Å². The monoisotopic (exact) mass is 263 g/mol. The first-order chi connectivity index (χ1) is 8.99. The number of amides is 1. The maximum atomic E-state index is 11.9. The van der Waals surface area contributed by atoms with E-state index < -0.39 is 0 Å². The third-order valence-electron chi connectivity index (χ3n) is 3.51. The van der Waals surface area contributed by atoms with Crippen LogP contribution in [0, 0.1) is 0 Å². The Balaban J connectivity index is 2.44. The Morgan fingerprint density at radius 2 is 2.21 bits per heavy atom. The molecule has 3 N–H and O–H groups in total. The minimum absolute atomic E-state index is 0.0374. The Morgan fingerprint density at radius 1 is 1.47 bits per heavy atom. The lowest BCUT2D eigenvalue weighted by Crippen LogP contribution is -2.43. The van der Waals surface area contributed by atoms with E-state index in [2.05, 4.69) is 19.2 Å². The van der Waals surface area contributed by atoms with Crippen molar-refractivity contribution in [3.8, 4) is 5.75 Å². The van der Waals surface area contributed by atoms with Crippen LogP contribution in [-0.4, -0.2) is 32.8 Å². The van der Waals surface area contributed by atoms with Crippen LogP contribution in [0.3, 0.4) is 0 Å². The normalized spacial score (nSPS) is 15.2. The predicted molar refractivity (Wildman–Crippen MR) is 75.4 cm³/mol. The van der Waals surface area contributed by atoms with Crippen molar-refractivity contribution in [3.05, 3.63) is 23.8 Å². The Hall–Kier alpha value is -1.59. The van der Waals surface area contributed by atoms with Gasteiger partial charge in [-0.2, -0.15) is 0 Å². The molecule has 0 atom stereocenters. The Bertz CT molecular complexity index is 486. The van der Waals surface area contributed by atoms with Crippen LogP contribution >= 0.6 is 0 Å². The smallest absolute Gasteiger partial charge is 0.266 e. The molecular weight excluding hydrogens is 242 g/mol. The van der Waals surface area contributed by atoms with Gasteiger partial charge in [0.05, 0.1) is 12.4 Å². The average molecular weight is 263 g/mol. The van der Waals surface area contributed by atoms with Gasteiger partial charge in [-0.15, -0.1) is 0 Å². The highest BCUT2D eigenvalue weighted by Gasteiger charge is 2.27. The van der Waals surface area contributed by atoms with Crippen molar-refractivity contribution < 1.29 is 9.53 Å². The van der Waals surface area contributed by atoms with Crippen molar-refractivity contribution in [3.63, 3.8) is 0 Å². The molecule has 0 aliphatic carbocycles. The van der Waals surface area contributed by atoms with Crippen molar-refractivity contribution in [2.45, 2.75) is 19.3 Å². The summed E-state index contributed by atoms with van der Waals surface area (Å²) in [6, 6.07) is 5.92. The first-order valence-corrected chi connectivity index (χ1v) is 6.42. The number of carbonyl (C=O) groups excluding carboxylic acids is 1. The number of ether oxygens (including phenoxy) is 1. The molecule has 0 spiro atoms. The summed E-state index contributed by atoms with van der Waals surface area (Å²) in [4.78, 5) is 13.6. The number of anilines is 1. The number of hydrogen-bond donors (Lipinski definition) is 2. The number of nitrogens with one attached hydrogen (secondary N) is 1. The number of carbonyl (C=O) groups is 1. The molecular formula is C14H21N3O2. The molecule has 5 nitrogen and oxygen atoms in total. The summed E-state index contributed by atoms with van der Waals surface area (Å²) < 4.78 is 5.46. The lowest BCUT2D eigenvalue weighted by atomic mass is 9.84. The molecule has 1 amide bonds. The summed E-state index contributed by atoms with van der Waals surface area (Å²) >= 11 is 0. The molecule has 0 fully saturated rings. The summed E-state index contributed by atoms with van der Waals surface area (Å²) in [6.07, 6.45) is 0. The fourth-order valence-electron chi connectivity index (χ4n) is 2.07. The summed E-state index contributed by atoms with van der Waals surface area (Å²) in [5, 5.41) is 3.01. The quantitative estimate of drug-likeness (QED) is 0.844. The number of nitrogens with two attached hydrogens (primary N) is 1. The van der Waals surface area contributed by atoms with E-state index in [0.717, 1.165) is 17.0 Å². The largest absolute Gasteiger partial charge is 0.482 e. The molecule has 5 heteroatoms. The molecule has 1 aliphatic rings. The van der Waals surface area contributed by atoms with Crippen molar-refractivity contribution in [1.82, 2.24) is 5.32 Å². The minimum Gasteiger partial charge on any atom is -0.482 e. The zero-order chi connectivity index (χ0) is 14.0. The Kier molecular flexibility index (Phi) is 3.78. The lowest BCUT2D eigenvalue weighted by molar-refractivity contribution is -0.121. The molecule has 1 aromatic rings. The highest BCUT2D eigenvalue weighted by atomic mass is 16.5. The summed E-state index contributed by atoms with van der Waals surface area (Å²) in [5.74, 6) is 0.705. The molecule has 0 saturated heterocycles. The second kappa shape index (κ2) is 5.19. The zero-order valence-corrected chi connectivity index (χ0v) is 11.7. The minimum atomic E-state index is -0.124. The molecule has 19 heavy (non-hydrogen) atoms. The molecule has 0 bridgehead atoms. The maximum absolute atomic E-state index is 11.9. The van der Waals surface area contributed by atoms with Crippen LogP contribution in [-0.2, 0) is 10.2 Å². The topological polar surface area (TPSA) is 67.6 Å². The van der Waals surface area contributed by atoms with Crippen LogP contribution in [0.1, 0.15) is 19.4 Å². The van der Waals surface area contributed by atoms with Crippen LogP contribution in [0.25, 0.3) is 0 Å². The predicted octanol–water partition coefficient (Wildman–Crippen LogP) is 0.825. The highest BCUT2D eigenvalue weighted by molar-refractivity contribution is 5.97. The van der Waals surface area contributed by atoms with Gasteiger partial charge >= 0.3 is 0 Å². The van der Waals surface area contributed by atoms with Gasteiger partial charge in [0.2, 0.25) is 0 Å².